The fourth-order valence-corrected chi connectivity index (χ4v) is 0.240. The Bertz CT molecular complexity index is 90.9. The third kappa shape index (κ3) is 5.58. The van der Waals surface area contributed by atoms with E-state index in [4.69, 9.17) is 4.55 Å². The first-order valence-electron chi connectivity index (χ1n) is 1.53. The lowest BCUT2D eigenvalue weighted by molar-refractivity contribution is 0.327. The van der Waals surface area contributed by atoms with Crippen LogP contribution < -0.4 is 0 Å². The summed E-state index contributed by atoms with van der Waals surface area (Å²) in [6.45, 7) is 1.58. The molecule has 0 rings (SSSR count). The monoisotopic (exact) mass is 123 g/mol. The molecule has 0 aromatic heterocycles. The summed E-state index contributed by atoms with van der Waals surface area (Å²) in [5.41, 5.74) is 0. The predicted octanol–water partition coefficient (Wildman–Crippen LogP) is 0.145. The zero-order valence-electron chi connectivity index (χ0n) is 3.70. The standard InChI is InChI=1S/C2H5NO3S/c1-2-3-6-7(4)5/h2H,1H3,(H,4,5). The van der Waals surface area contributed by atoms with Gasteiger partial charge in [0.25, 0.3) is 0 Å². The topological polar surface area (TPSA) is 58.9 Å². The number of hydrogen-bond donors (Lipinski definition) is 1. The summed E-state index contributed by atoms with van der Waals surface area (Å²) in [5.74, 6) is 0. The number of oxime groups is 1. The van der Waals surface area contributed by atoms with Crippen LogP contribution in [-0.4, -0.2) is 15.0 Å². The normalized spacial score (nSPS) is 14.6. The van der Waals surface area contributed by atoms with Gasteiger partial charge in [0.2, 0.25) is 0 Å². The summed E-state index contributed by atoms with van der Waals surface area (Å²) in [7, 11) is 0. The lowest BCUT2D eigenvalue weighted by Crippen LogP contribution is -1.85. The first-order valence-corrected chi connectivity index (χ1v) is 2.57. The highest BCUT2D eigenvalue weighted by Crippen LogP contribution is 1.75. The fourth-order valence-electron chi connectivity index (χ4n) is 0.0798. The van der Waals surface area contributed by atoms with Crippen molar-refractivity contribution in [2.45, 2.75) is 6.92 Å². The minimum Gasteiger partial charge on any atom is -0.273 e. The van der Waals surface area contributed by atoms with Crippen LogP contribution in [0.3, 0.4) is 0 Å². The first-order chi connectivity index (χ1) is 3.27. The minimum atomic E-state index is -2.26. The Morgan fingerprint density at radius 2 is 2.57 bits per heavy atom. The van der Waals surface area contributed by atoms with Gasteiger partial charge in [-0.2, -0.15) is 4.21 Å². The van der Waals surface area contributed by atoms with Gasteiger partial charge in [0, 0.05) is 6.21 Å². The van der Waals surface area contributed by atoms with Crippen LogP contribution >= 0.6 is 0 Å². The van der Waals surface area contributed by atoms with Crippen molar-refractivity contribution in [2.24, 2.45) is 5.16 Å². The molecule has 0 fully saturated rings. The third-order valence-corrected chi connectivity index (χ3v) is 0.426. The summed E-state index contributed by atoms with van der Waals surface area (Å²) in [4.78, 5) is 0. The van der Waals surface area contributed by atoms with E-state index < -0.39 is 11.4 Å². The largest absolute Gasteiger partial charge is 0.378 e. The van der Waals surface area contributed by atoms with E-state index in [-0.39, 0.29) is 0 Å². The third-order valence-electron chi connectivity index (χ3n) is 0.212. The van der Waals surface area contributed by atoms with Crippen molar-refractivity contribution in [1.82, 2.24) is 0 Å². The van der Waals surface area contributed by atoms with E-state index in [0.717, 1.165) is 0 Å². The molecule has 0 aliphatic heterocycles. The van der Waals surface area contributed by atoms with E-state index in [2.05, 4.69) is 9.44 Å². The zero-order chi connectivity index (χ0) is 5.70. The van der Waals surface area contributed by atoms with Crippen LogP contribution in [0.1, 0.15) is 6.92 Å². The fraction of sp³-hybridized carbons (Fsp3) is 0.500. The van der Waals surface area contributed by atoms with Gasteiger partial charge in [-0.1, -0.05) is 5.16 Å². The zero-order valence-corrected chi connectivity index (χ0v) is 4.51. The molecule has 1 atom stereocenters. The second-order valence-electron chi connectivity index (χ2n) is 0.655. The maximum Gasteiger partial charge on any atom is 0.378 e. The SMILES string of the molecule is CC=NOS(=O)O. The second-order valence-corrected chi connectivity index (χ2v) is 1.24. The van der Waals surface area contributed by atoms with Crippen LogP contribution in [0.25, 0.3) is 0 Å². The molecule has 0 heterocycles. The molecule has 0 saturated carbocycles. The molecule has 4 nitrogen and oxygen atoms in total. The first kappa shape index (κ1) is 6.58. The lowest BCUT2D eigenvalue weighted by atomic mass is 10.9. The summed E-state index contributed by atoms with van der Waals surface area (Å²) < 4.78 is 21.1. The van der Waals surface area contributed by atoms with Crippen molar-refractivity contribution in [3.63, 3.8) is 0 Å². The average Bonchev–Trinajstić information content (AvgIpc) is 1.61. The molecule has 0 aromatic rings. The minimum absolute atomic E-state index is 1.27. The van der Waals surface area contributed by atoms with Gasteiger partial charge in [0.05, 0.1) is 0 Å². The molecule has 1 unspecified atom stereocenters. The molecule has 0 saturated heterocycles. The van der Waals surface area contributed by atoms with Crippen molar-refractivity contribution in [3.8, 4) is 0 Å². The molecule has 5 heteroatoms. The van der Waals surface area contributed by atoms with Crippen LogP contribution in [0, 0.1) is 0 Å². The van der Waals surface area contributed by atoms with Gasteiger partial charge in [-0.25, -0.2) is 0 Å². The quantitative estimate of drug-likeness (QED) is 0.323. The molecular weight excluding hydrogens is 118 g/mol. The molecule has 0 aliphatic carbocycles. The van der Waals surface area contributed by atoms with Gasteiger partial charge < -0.3 is 0 Å². The van der Waals surface area contributed by atoms with Gasteiger partial charge in [-0.15, -0.1) is 0 Å². The molecule has 0 amide bonds. The smallest absolute Gasteiger partial charge is 0.273 e. The van der Waals surface area contributed by atoms with E-state index in [1.807, 2.05) is 0 Å². The Balaban J connectivity index is 3.14. The van der Waals surface area contributed by atoms with Gasteiger partial charge >= 0.3 is 11.4 Å². The van der Waals surface area contributed by atoms with Gasteiger partial charge in [-0.05, 0) is 6.92 Å². The highest BCUT2D eigenvalue weighted by molar-refractivity contribution is 7.74. The van der Waals surface area contributed by atoms with Crippen molar-refractivity contribution >= 4 is 17.6 Å². The number of hydrogen-bond acceptors (Lipinski definition) is 3. The maximum atomic E-state index is 9.53. The molecule has 7 heavy (non-hydrogen) atoms. The van der Waals surface area contributed by atoms with Gasteiger partial charge in [-0.3, -0.25) is 8.84 Å². The molecule has 0 spiro atoms. The summed E-state index contributed by atoms with van der Waals surface area (Å²) in [5, 5.41) is 3.00. The highest BCUT2D eigenvalue weighted by atomic mass is 32.2. The highest BCUT2D eigenvalue weighted by Gasteiger charge is 1.82. The van der Waals surface area contributed by atoms with Crippen LogP contribution in [0.15, 0.2) is 5.16 Å². The van der Waals surface area contributed by atoms with Crippen molar-refractivity contribution in [1.29, 1.82) is 0 Å². The molecular formula is C2H5NO3S. The van der Waals surface area contributed by atoms with Gasteiger partial charge in [0.15, 0.2) is 0 Å². The van der Waals surface area contributed by atoms with E-state index in [0.29, 0.717) is 0 Å². The second kappa shape index (κ2) is 3.76. The van der Waals surface area contributed by atoms with Crippen LogP contribution in [-0.2, 0) is 15.6 Å². The molecule has 0 radical (unpaired) electrons. The molecule has 0 bridgehead atoms. The van der Waals surface area contributed by atoms with Crippen molar-refractivity contribution in [3.05, 3.63) is 0 Å². The molecule has 1 N–H and O–H groups in total. The number of nitrogens with zero attached hydrogens (tertiary/aromatic N) is 1. The van der Waals surface area contributed by atoms with Crippen molar-refractivity contribution < 1.29 is 13.0 Å². The van der Waals surface area contributed by atoms with Crippen LogP contribution in [0.4, 0.5) is 0 Å². The molecule has 42 valence electrons. The Morgan fingerprint density at radius 3 is 2.71 bits per heavy atom. The summed E-state index contributed by atoms with van der Waals surface area (Å²) in [6, 6.07) is 0. The van der Waals surface area contributed by atoms with Crippen molar-refractivity contribution in [2.75, 3.05) is 0 Å². The van der Waals surface area contributed by atoms with E-state index in [1.165, 1.54) is 6.21 Å². The Labute approximate surface area is 43.7 Å². The van der Waals surface area contributed by atoms with Crippen LogP contribution in [0.2, 0.25) is 0 Å². The lowest BCUT2D eigenvalue weighted by Gasteiger charge is -1.81. The van der Waals surface area contributed by atoms with E-state index in [9.17, 15) is 4.21 Å². The van der Waals surface area contributed by atoms with E-state index in [1.54, 1.807) is 6.92 Å². The van der Waals surface area contributed by atoms with Gasteiger partial charge in [0.1, 0.15) is 0 Å². The number of rotatable bonds is 2. The Kier molecular flexibility index (Phi) is 3.53. The summed E-state index contributed by atoms with van der Waals surface area (Å²) in [6.07, 6.45) is 1.27. The average molecular weight is 123 g/mol. The summed E-state index contributed by atoms with van der Waals surface area (Å²) >= 11 is -2.26. The van der Waals surface area contributed by atoms with E-state index >= 15 is 0 Å². The van der Waals surface area contributed by atoms with Crippen LogP contribution in [0.5, 0.6) is 0 Å². The Morgan fingerprint density at radius 1 is 2.00 bits per heavy atom. The molecule has 0 aliphatic rings. The molecule has 0 aromatic carbocycles. The Hall–Kier alpha value is -0.420. The maximum absolute atomic E-state index is 9.53. The predicted molar refractivity (Wildman–Crippen MR) is 26.0 cm³/mol.